The molecule has 2 aliphatic rings. The van der Waals surface area contributed by atoms with Gasteiger partial charge in [0.1, 0.15) is 0 Å². The maximum absolute atomic E-state index is 12.7. The lowest BCUT2D eigenvalue weighted by atomic mass is 9.97. The van der Waals surface area contributed by atoms with Crippen LogP contribution in [-0.2, 0) is 9.59 Å². The zero-order chi connectivity index (χ0) is 17.7. The van der Waals surface area contributed by atoms with Gasteiger partial charge >= 0.3 is 0 Å². The van der Waals surface area contributed by atoms with Crippen LogP contribution in [0.1, 0.15) is 78.6 Å². The smallest absolute Gasteiger partial charge is 0.226 e. The number of carbonyl (C=O) groups excluding carboxylic acids is 2. The minimum absolute atomic E-state index is 0.0596. The van der Waals surface area contributed by atoms with E-state index in [0.29, 0.717) is 12.0 Å². The lowest BCUT2D eigenvalue weighted by molar-refractivity contribution is -0.134. The monoisotopic (exact) mass is 336 g/mol. The molecule has 0 heterocycles. The third-order valence-corrected chi connectivity index (χ3v) is 6.31. The lowest BCUT2D eigenvalue weighted by Gasteiger charge is -2.27. The average Bonchev–Trinajstić information content (AvgIpc) is 3.07. The Labute approximate surface area is 147 Å². The fraction of sp³-hybridized carbons (Fsp3) is 0.900. The molecule has 24 heavy (non-hydrogen) atoms. The first-order valence-corrected chi connectivity index (χ1v) is 9.99. The number of amides is 2. The summed E-state index contributed by atoms with van der Waals surface area (Å²) in [7, 11) is 1.90. The van der Waals surface area contributed by atoms with Gasteiger partial charge in [0, 0.05) is 31.5 Å². The molecule has 0 aromatic carbocycles. The van der Waals surface area contributed by atoms with Gasteiger partial charge in [-0.25, -0.2) is 0 Å². The van der Waals surface area contributed by atoms with Gasteiger partial charge in [0.2, 0.25) is 11.8 Å². The molecule has 0 bridgehead atoms. The third-order valence-electron chi connectivity index (χ3n) is 6.31. The number of likely N-dealkylation sites (N-methyl/N-ethyl adjacent to an activating group) is 1. The summed E-state index contributed by atoms with van der Waals surface area (Å²) in [5.74, 6) is 0.817. The maximum Gasteiger partial charge on any atom is 0.226 e. The van der Waals surface area contributed by atoms with Crippen molar-refractivity contribution in [3.63, 3.8) is 0 Å². The molecule has 1 spiro atoms. The summed E-state index contributed by atoms with van der Waals surface area (Å²) >= 11 is 0. The molecule has 138 valence electrons. The molecule has 0 aromatic heterocycles. The van der Waals surface area contributed by atoms with E-state index in [1.54, 1.807) is 0 Å². The Morgan fingerprint density at radius 3 is 2.29 bits per heavy atom. The molecule has 4 nitrogen and oxygen atoms in total. The highest BCUT2D eigenvalue weighted by Gasteiger charge is 2.59. The van der Waals surface area contributed by atoms with Crippen molar-refractivity contribution in [1.29, 1.82) is 0 Å². The molecular weight excluding hydrogens is 300 g/mol. The van der Waals surface area contributed by atoms with Crippen LogP contribution in [0.15, 0.2) is 0 Å². The Kier molecular flexibility index (Phi) is 6.70. The number of nitrogens with one attached hydrogen (secondary N) is 1. The first-order chi connectivity index (χ1) is 11.4. The molecule has 2 unspecified atom stereocenters. The molecule has 2 aliphatic carbocycles. The second-order valence-electron chi connectivity index (χ2n) is 8.14. The summed E-state index contributed by atoms with van der Waals surface area (Å²) in [6.45, 7) is 6.85. The van der Waals surface area contributed by atoms with Crippen LogP contribution in [0.2, 0.25) is 0 Å². The average molecular weight is 337 g/mol. The standard InChI is InChI=1S/C20H36N2O2/c1-5-9-16(10-6-2)18(23)21-14-15(3)22(4)19(24)17-13-20(17)11-7-8-12-20/h15-17H,5-14H2,1-4H3,(H,21,23). The van der Waals surface area contributed by atoms with Gasteiger partial charge in [-0.15, -0.1) is 0 Å². The predicted octanol–water partition coefficient (Wildman–Crippen LogP) is 3.75. The Hall–Kier alpha value is -1.06. The van der Waals surface area contributed by atoms with Gasteiger partial charge in [-0.3, -0.25) is 9.59 Å². The van der Waals surface area contributed by atoms with Crippen molar-refractivity contribution in [1.82, 2.24) is 10.2 Å². The Morgan fingerprint density at radius 1 is 1.17 bits per heavy atom. The van der Waals surface area contributed by atoms with Crippen molar-refractivity contribution >= 4 is 11.8 Å². The van der Waals surface area contributed by atoms with E-state index in [2.05, 4.69) is 19.2 Å². The molecule has 2 saturated carbocycles. The largest absolute Gasteiger partial charge is 0.354 e. The predicted molar refractivity (Wildman–Crippen MR) is 97.6 cm³/mol. The molecule has 2 atom stereocenters. The molecule has 0 aromatic rings. The van der Waals surface area contributed by atoms with Gasteiger partial charge in [-0.2, -0.15) is 0 Å². The van der Waals surface area contributed by atoms with E-state index in [1.165, 1.54) is 25.7 Å². The summed E-state index contributed by atoms with van der Waals surface area (Å²) < 4.78 is 0. The Balaban J connectivity index is 1.78. The minimum atomic E-state index is 0.0596. The van der Waals surface area contributed by atoms with Gasteiger partial charge in [0.05, 0.1) is 0 Å². The van der Waals surface area contributed by atoms with Crippen LogP contribution in [0.25, 0.3) is 0 Å². The quantitative estimate of drug-likeness (QED) is 0.697. The van der Waals surface area contributed by atoms with Crippen LogP contribution in [0.3, 0.4) is 0 Å². The van der Waals surface area contributed by atoms with Crippen molar-refractivity contribution in [2.24, 2.45) is 17.3 Å². The van der Waals surface area contributed by atoms with Crippen LogP contribution in [0.4, 0.5) is 0 Å². The first-order valence-electron chi connectivity index (χ1n) is 9.99. The first kappa shape index (κ1) is 19.3. The van der Waals surface area contributed by atoms with Crippen LogP contribution in [0.5, 0.6) is 0 Å². The van der Waals surface area contributed by atoms with E-state index < -0.39 is 0 Å². The maximum atomic E-state index is 12.7. The zero-order valence-electron chi connectivity index (χ0n) is 16.1. The summed E-state index contributed by atoms with van der Waals surface area (Å²) in [4.78, 5) is 26.9. The molecule has 0 radical (unpaired) electrons. The topological polar surface area (TPSA) is 49.4 Å². The van der Waals surface area contributed by atoms with Gasteiger partial charge in [0.15, 0.2) is 0 Å². The highest BCUT2D eigenvalue weighted by atomic mass is 16.2. The van der Waals surface area contributed by atoms with E-state index in [0.717, 1.165) is 32.1 Å². The van der Waals surface area contributed by atoms with Crippen LogP contribution < -0.4 is 5.32 Å². The minimum Gasteiger partial charge on any atom is -0.354 e. The third kappa shape index (κ3) is 4.31. The van der Waals surface area contributed by atoms with Gasteiger partial charge in [-0.05, 0) is 44.4 Å². The van der Waals surface area contributed by atoms with Crippen molar-refractivity contribution < 1.29 is 9.59 Å². The molecule has 2 rings (SSSR count). The van der Waals surface area contributed by atoms with Gasteiger partial charge in [-0.1, -0.05) is 39.5 Å². The summed E-state index contributed by atoms with van der Waals surface area (Å²) in [5, 5.41) is 3.08. The van der Waals surface area contributed by atoms with Crippen LogP contribution >= 0.6 is 0 Å². The van der Waals surface area contributed by atoms with Gasteiger partial charge in [0.25, 0.3) is 0 Å². The molecule has 0 aliphatic heterocycles. The molecule has 2 fully saturated rings. The van der Waals surface area contributed by atoms with E-state index in [-0.39, 0.29) is 29.7 Å². The summed E-state index contributed by atoms with van der Waals surface area (Å²) in [6.07, 6.45) is 10.1. The highest BCUT2D eigenvalue weighted by molar-refractivity contribution is 5.83. The summed E-state index contributed by atoms with van der Waals surface area (Å²) in [5.41, 5.74) is 0.349. The fourth-order valence-electron chi connectivity index (χ4n) is 4.42. The molecular formula is C20H36N2O2. The fourth-order valence-corrected chi connectivity index (χ4v) is 4.42. The van der Waals surface area contributed by atoms with E-state index in [9.17, 15) is 9.59 Å². The number of carbonyl (C=O) groups is 2. The molecule has 2 amide bonds. The molecule has 4 heteroatoms. The Bertz CT molecular complexity index is 437. The van der Waals surface area contributed by atoms with Crippen LogP contribution in [0, 0.1) is 17.3 Å². The Morgan fingerprint density at radius 2 is 1.75 bits per heavy atom. The second kappa shape index (κ2) is 8.35. The number of hydrogen-bond acceptors (Lipinski definition) is 2. The van der Waals surface area contributed by atoms with Crippen LogP contribution in [-0.4, -0.2) is 36.3 Å². The molecule has 1 N–H and O–H groups in total. The highest BCUT2D eigenvalue weighted by Crippen LogP contribution is 2.63. The number of rotatable bonds is 9. The lowest BCUT2D eigenvalue weighted by Crippen LogP contribution is -2.45. The summed E-state index contributed by atoms with van der Waals surface area (Å²) in [6, 6.07) is 0.0596. The second-order valence-corrected chi connectivity index (χ2v) is 8.14. The van der Waals surface area contributed by atoms with Crippen molar-refractivity contribution in [3.05, 3.63) is 0 Å². The number of hydrogen-bond donors (Lipinski definition) is 1. The van der Waals surface area contributed by atoms with Crippen molar-refractivity contribution in [2.75, 3.05) is 13.6 Å². The van der Waals surface area contributed by atoms with E-state index in [1.807, 2.05) is 18.9 Å². The van der Waals surface area contributed by atoms with E-state index in [4.69, 9.17) is 0 Å². The SMILES string of the molecule is CCCC(CCC)C(=O)NCC(C)N(C)C(=O)C1CC12CCCC2. The van der Waals surface area contributed by atoms with E-state index >= 15 is 0 Å². The van der Waals surface area contributed by atoms with Crippen molar-refractivity contribution in [2.45, 2.75) is 84.6 Å². The molecule has 0 saturated heterocycles. The normalized spacial score (nSPS) is 22.6. The van der Waals surface area contributed by atoms with Crippen molar-refractivity contribution in [3.8, 4) is 0 Å². The van der Waals surface area contributed by atoms with Gasteiger partial charge < -0.3 is 10.2 Å². The zero-order valence-corrected chi connectivity index (χ0v) is 16.1. The number of nitrogens with zero attached hydrogens (tertiary/aromatic N) is 1.